The molecule has 1 N–H and O–H groups in total. The lowest BCUT2D eigenvalue weighted by Gasteiger charge is -2.32. The Hall–Kier alpha value is -2.95. The maximum atomic E-state index is 13.0. The van der Waals surface area contributed by atoms with Gasteiger partial charge >= 0.3 is 0 Å². The molecule has 1 fully saturated rings. The summed E-state index contributed by atoms with van der Waals surface area (Å²) in [5.74, 6) is -0.0542. The molecule has 194 valence electrons. The lowest BCUT2D eigenvalue weighted by Crippen LogP contribution is -2.41. The van der Waals surface area contributed by atoms with Crippen molar-refractivity contribution < 1.29 is 13.2 Å². The predicted octanol–water partition coefficient (Wildman–Crippen LogP) is 5.05. The van der Waals surface area contributed by atoms with Gasteiger partial charge in [0.1, 0.15) is 0 Å². The van der Waals surface area contributed by atoms with Crippen LogP contribution < -0.4 is 5.32 Å². The molecule has 0 radical (unpaired) electrons. The van der Waals surface area contributed by atoms with Crippen LogP contribution in [-0.2, 0) is 21.2 Å². The minimum atomic E-state index is -3.54. The summed E-state index contributed by atoms with van der Waals surface area (Å²) < 4.78 is 29.7. The zero-order valence-corrected chi connectivity index (χ0v) is 22.9. The van der Waals surface area contributed by atoms with E-state index in [-0.39, 0.29) is 22.6 Å². The van der Waals surface area contributed by atoms with Gasteiger partial charge in [-0.2, -0.15) is 4.31 Å². The number of pyridine rings is 1. The Labute approximate surface area is 221 Å². The third kappa shape index (κ3) is 5.10. The van der Waals surface area contributed by atoms with E-state index in [4.69, 9.17) is 0 Å². The van der Waals surface area contributed by atoms with E-state index in [1.54, 1.807) is 28.6 Å². The molecule has 2 aromatic carbocycles. The second-order valence-corrected chi connectivity index (χ2v) is 12.4. The number of piperidine rings is 1. The van der Waals surface area contributed by atoms with Gasteiger partial charge in [0.2, 0.25) is 15.9 Å². The molecule has 1 aliphatic rings. The van der Waals surface area contributed by atoms with Gasteiger partial charge in [0.25, 0.3) is 0 Å². The molecule has 0 bridgehead atoms. The SMILES string of the molecule is CCc1ccc2c(c1)cc(C)c1nnc(SCC(=O)Nc3ccc(S(=O)(=O)N4CCCC[C@H]4C)cc3)n12. The van der Waals surface area contributed by atoms with E-state index in [0.717, 1.165) is 47.8 Å². The third-order valence-corrected chi connectivity index (χ3v) is 9.87. The number of sulfonamides is 1. The first-order valence-corrected chi connectivity index (χ1v) is 15.0. The Morgan fingerprint density at radius 3 is 2.62 bits per heavy atom. The second kappa shape index (κ2) is 10.4. The first kappa shape index (κ1) is 25.7. The van der Waals surface area contributed by atoms with Gasteiger partial charge in [0.15, 0.2) is 10.8 Å². The highest BCUT2D eigenvalue weighted by molar-refractivity contribution is 7.99. The molecule has 0 saturated carbocycles. The van der Waals surface area contributed by atoms with Crippen LogP contribution in [0.2, 0.25) is 0 Å². The van der Waals surface area contributed by atoms with Crippen LogP contribution in [0.4, 0.5) is 5.69 Å². The van der Waals surface area contributed by atoms with E-state index < -0.39 is 10.0 Å². The van der Waals surface area contributed by atoms with E-state index in [2.05, 4.69) is 46.7 Å². The maximum Gasteiger partial charge on any atom is 0.243 e. The van der Waals surface area contributed by atoms with Crippen LogP contribution in [0.5, 0.6) is 0 Å². The number of nitrogens with one attached hydrogen (secondary N) is 1. The fourth-order valence-electron chi connectivity index (χ4n) is 4.88. The lowest BCUT2D eigenvalue weighted by atomic mass is 10.1. The van der Waals surface area contributed by atoms with Crippen molar-refractivity contribution in [2.45, 2.75) is 62.5 Å². The van der Waals surface area contributed by atoms with Crippen LogP contribution in [0.1, 0.15) is 44.2 Å². The van der Waals surface area contributed by atoms with Gasteiger partial charge < -0.3 is 5.32 Å². The van der Waals surface area contributed by atoms with Gasteiger partial charge in [-0.25, -0.2) is 8.42 Å². The Kier molecular flexibility index (Phi) is 7.24. The molecule has 0 aliphatic carbocycles. The van der Waals surface area contributed by atoms with Crippen LogP contribution >= 0.6 is 11.8 Å². The number of rotatable bonds is 7. The molecule has 0 spiro atoms. The molecule has 3 heterocycles. The first-order valence-electron chi connectivity index (χ1n) is 12.6. The lowest BCUT2D eigenvalue weighted by molar-refractivity contribution is -0.113. The van der Waals surface area contributed by atoms with E-state index >= 15 is 0 Å². The minimum absolute atomic E-state index is 0.00186. The second-order valence-electron chi connectivity index (χ2n) is 9.54. The zero-order chi connectivity index (χ0) is 26.2. The molecule has 1 saturated heterocycles. The molecule has 1 aliphatic heterocycles. The summed E-state index contributed by atoms with van der Waals surface area (Å²) >= 11 is 1.32. The number of nitrogens with zero attached hydrogens (tertiary/aromatic N) is 4. The van der Waals surface area contributed by atoms with Crippen LogP contribution in [0.3, 0.4) is 0 Å². The molecule has 10 heteroatoms. The number of amides is 1. The Morgan fingerprint density at radius 2 is 1.89 bits per heavy atom. The van der Waals surface area contributed by atoms with Gasteiger partial charge in [0.05, 0.1) is 16.2 Å². The van der Waals surface area contributed by atoms with Crippen molar-refractivity contribution in [2.75, 3.05) is 17.6 Å². The highest BCUT2D eigenvalue weighted by Crippen LogP contribution is 2.28. The fraction of sp³-hybridized carbons (Fsp3) is 0.370. The van der Waals surface area contributed by atoms with Gasteiger partial charge in [-0.1, -0.05) is 31.2 Å². The first-order chi connectivity index (χ1) is 17.8. The number of anilines is 1. The van der Waals surface area contributed by atoms with Gasteiger partial charge in [-0.05, 0) is 92.1 Å². The van der Waals surface area contributed by atoms with Crippen molar-refractivity contribution in [1.82, 2.24) is 18.9 Å². The largest absolute Gasteiger partial charge is 0.325 e. The average molecular weight is 538 g/mol. The summed E-state index contributed by atoms with van der Waals surface area (Å²) in [4.78, 5) is 13.0. The smallest absolute Gasteiger partial charge is 0.243 e. The Bertz CT molecular complexity index is 1560. The number of thioether (sulfide) groups is 1. The molecule has 8 nitrogen and oxygen atoms in total. The van der Waals surface area contributed by atoms with Crippen molar-refractivity contribution in [3.63, 3.8) is 0 Å². The number of aromatic nitrogens is 3. The van der Waals surface area contributed by atoms with Crippen LogP contribution in [0.25, 0.3) is 16.6 Å². The average Bonchev–Trinajstić information content (AvgIpc) is 3.32. The number of aryl methyl sites for hydroxylation is 2. The molecule has 5 rings (SSSR count). The number of carbonyl (C=O) groups excluding carboxylic acids is 1. The monoisotopic (exact) mass is 537 g/mol. The van der Waals surface area contributed by atoms with E-state index in [1.807, 2.05) is 18.2 Å². The van der Waals surface area contributed by atoms with Gasteiger partial charge in [-0.15, -0.1) is 10.2 Å². The molecule has 1 atom stereocenters. The topological polar surface area (TPSA) is 96.7 Å². The maximum absolute atomic E-state index is 13.0. The number of hydrogen-bond acceptors (Lipinski definition) is 6. The number of hydrogen-bond donors (Lipinski definition) is 1. The van der Waals surface area contributed by atoms with Gasteiger partial charge in [0, 0.05) is 18.3 Å². The van der Waals surface area contributed by atoms with Crippen molar-refractivity contribution in [2.24, 2.45) is 0 Å². The standard InChI is InChI=1S/C27H31N5O3S2/c1-4-20-8-13-24-21(16-20)15-18(2)26-29-30-27(32(24)26)36-17-25(33)28-22-9-11-23(12-10-22)37(34,35)31-14-6-5-7-19(31)3/h8-13,15-16,19H,4-7,14,17H2,1-3H3,(H,28,33)/t19-/m1/s1. The van der Waals surface area contributed by atoms with Crippen molar-refractivity contribution in [3.05, 3.63) is 59.7 Å². The molecule has 2 aromatic heterocycles. The summed E-state index contributed by atoms with van der Waals surface area (Å²) in [6.45, 7) is 6.64. The quantitative estimate of drug-likeness (QED) is 0.332. The molecular weight excluding hydrogens is 506 g/mol. The summed E-state index contributed by atoms with van der Waals surface area (Å²) in [6.07, 6.45) is 3.77. The molecule has 1 amide bonds. The highest BCUT2D eigenvalue weighted by Gasteiger charge is 2.30. The summed E-state index contributed by atoms with van der Waals surface area (Å²) in [5, 5.41) is 13.3. The zero-order valence-electron chi connectivity index (χ0n) is 21.3. The summed E-state index contributed by atoms with van der Waals surface area (Å²) in [5.41, 5.74) is 4.62. The van der Waals surface area contributed by atoms with Crippen LogP contribution in [0, 0.1) is 6.92 Å². The van der Waals surface area contributed by atoms with E-state index in [9.17, 15) is 13.2 Å². The molecule has 4 aromatic rings. The third-order valence-electron chi connectivity index (χ3n) is 6.92. The van der Waals surface area contributed by atoms with Crippen LogP contribution in [-0.4, -0.2) is 51.6 Å². The van der Waals surface area contributed by atoms with Gasteiger partial charge in [-0.3, -0.25) is 9.20 Å². The van der Waals surface area contributed by atoms with E-state index in [0.29, 0.717) is 17.4 Å². The van der Waals surface area contributed by atoms with Crippen molar-refractivity contribution in [1.29, 1.82) is 0 Å². The van der Waals surface area contributed by atoms with Crippen molar-refractivity contribution in [3.8, 4) is 0 Å². The number of benzene rings is 2. The molecule has 37 heavy (non-hydrogen) atoms. The summed E-state index contributed by atoms with van der Waals surface area (Å²) in [6, 6.07) is 14.9. The minimum Gasteiger partial charge on any atom is -0.325 e. The number of carbonyl (C=O) groups is 1. The summed E-state index contributed by atoms with van der Waals surface area (Å²) in [7, 11) is -3.54. The fourth-order valence-corrected chi connectivity index (χ4v) is 7.32. The Morgan fingerprint density at radius 1 is 1.11 bits per heavy atom. The van der Waals surface area contributed by atoms with Crippen LogP contribution in [0.15, 0.2) is 58.6 Å². The molecule has 0 unspecified atom stereocenters. The predicted molar refractivity (Wildman–Crippen MR) is 148 cm³/mol. The van der Waals surface area contributed by atoms with E-state index in [1.165, 1.54) is 17.3 Å². The highest BCUT2D eigenvalue weighted by atomic mass is 32.2. The number of fused-ring (bicyclic) bond motifs is 3. The molecular formula is C27H31N5O3S2. The Balaban J connectivity index is 1.28. The van der Waals surface area contributed by atoms with Crippen molar-refractivity contribution >= 4 is 49.9 Å². The normalized spacial score (nSPS) is 16.9.